The van der Waals surface area contributed by atoms with E-state index in [0.29, 0.717) is 19.4 Å². The van der Waals surface area contributed by atoms with Gasteiger partial charge in [0.25, 0.3) is 0 Å². The maximum atomic E-state index is 12.8. The first-order chi connectivity index (χ1) is 13.0. The molecule has 1 heterocycles. The molecule has 5 nitrogen and oxygen atoms in total. The van der Waals surface area contributed by atoms with E-state index in [2.05, 4.69) is 5.32 Å². The minimum Gasteiger partial charge on any atom is -0.326 e. The number of piperidine rings is 1. The first-order valence-corrected chi connectivity index (χ1v) is 11.8. The second-order valence-electron chi connectivity index (χ2n) is 6.66. The lowest BCUT2D eigenvalue weighted by molar-refractivity contribution is -0.120. The summed E-state index contributed by atoms with van der Waals surface area (Å²) in [5.41, 5.74) is 1.51. The zero-order valence-electron chi connectivity index (χ0n) is 15.3. The zero-order chi connectivity index (χ0) is 19.3. The van der Waals surface area contributed by atoms with Crippen LogP contribution in [-0.2, 0) is 20.6 Å². The van der Waals surface area contributed by atoms with E-state index in [1.54, 1.807) is 11.8 Å². The third-order valence-electron chi connectivity index (χ3n) is 4.68. The minimum atomic E-state index is -3.44. The van der Waals surface area contributed by atoms with Crippen molar-refractivity contribution in [1.82, 2.24) is 4.31 Å². The SMILES string of the molecule is CSc1cccc(NC(=O)[C@H]2CCCN(S(=O)(=O)Cc3ccccc3)C2)c1. The van der Waals surface area contributed by atoms with Crippen LogP contribution in [0.25, 0.3) is 0 Å². The second-order valence-corrected chi connectivity index (χ2v) is 9.51. The van der Waals surface area contributed by atoms with E-state index >= 15 is 0 Å². The van der Waals surface area contributed by atoms with Crippen molar-refractivity contribution in [1.29, 1.82) is 0 Å². The van der Waals surface area contributed by atoms with Gasteiger partial charge in [0.15, 0.2) is 0 Å². The standard InChI is InChI=1S/C20H24N2O3S2/c1-26-19-11-5-10-18(13-19)21-20(23)17-9-6-12-22(14-17)27(24,25)15-16-7-3-2-4-8-16/h2-5,7-8,10-11,13,17H,6,9,12,14-15H2,1H3,(H,21,23)/t17-/m0/s1. The molecular weight excluding hydrogens is 380 g/mol. The molecule has 3 rings (SSSR count). The first kappa shape index (κ1) is 19.9. The van der Waals surface area contributed by atoms with Crippen LogP contribution in [0.5, 0.6) is 0 Å². The van der Waals surface area contributed by atoms with Crippen molar-refractivity contribution < 1.29 is 13.2 Å². The van der Waals surface area contributed by atoms with Gasteiger partial charge in [0.1, 0.15) is 0 Å². The van der Waals surface area contributed by atoms with Gasteiger partial charge in [-0.3, -0.25) is 4.79 Å². The maximum Gasteiger partial charge on any atom is 0.228 e. The molecule has 1 saturated heterocycles. The fourth-order valence-electron chi connectivity index (χ4n) is 3.23. The Kier molecular flexibility index (Phi) is 6.57. The monoisotopic (exact) mass is 404 g/mol. The van der Waals surface area contributed by atoms with Crippen LogP contribution in [0.15, 0.2) is 59.5 Å². The van der Waals surface area contributed by atoms with E-state index in [1.165, 1.54) is 4.31 Å². The van der Waals surface area contributed by atoms with E-state index < -0.39 is 10.0 Å². The van der Waals surface area contributed by atoms with Gasteiger partial charge in [0, 0.05) is 23.7 Å². The van der Waals surface area contributed by atoms with Gasteiger partial charge in [0.2, 0.25) is 15.9 Å². The maximum absolute atomic E-state index is 12.8. The van der Waals surface area contributed by atoms with Crippen molar-refractivity contribution in [3.63, 3.8) is 0 Å². The lowest BCUT2D eigenvalue weighted by Gasteiger charge is -2.31. The molecule has 1 fully saturated rings. The van der Waals surface area contributed by atoms with Crippen LogP contribution in [0.3, 0.4) is 0 Å². The van der Waals surface area contributed by atoms with Gasteiger partial charge in [-0.05, 0) is 42.9 Å². The highest BCUT2D eigenvalue weighted by molar-refractivity contribution is 7.98. The Bertz CT molecular complexity index is 885. The van der Waals surface area contributed by atoms with Crippen LogP contribution in [-0.4, -0.2) is 38.0 Å². The van der Waals surface area contributed by atoms with Crippen molar-refractivity contribution in [3.05, 3.63) is 60.2 Å². The molecule has 7 heteroatoms. The Morgan fingerprint density at radius 1 is 1.19 bits per heavy atom. The van der Waals surface area contributed by atoms with E-state index in [1.807, 2.05) is 60.9 Å². The van der Waals surface area contributed by atoms with Gasteiger partial charge in [-0.25, -0.2) is 12.7 Å². The highest BCUT2D eigenvalue weighted by Gasteiger charge is 2.32. The molecular formula is C20H24N2O3S2. The van der Waals surface area contributed by atoms with Crippen molar-refractivity contribution in [2.45, 2.75) is 23.5 Å². The van der Waals surface area contributed by atoms with Crippen LogP contribution >= 0.6 is 11.8 Å². The third kappa shape index (κ3) is 5.34. The average Bonchev–Trinajstić information content (AvgIpc) is 2.68. The van der Waals surface area contributed by atoms with E-state index in [4.69, 9.17) is 0 Å². The quantitative estimate of drug-likeness (QED) is 0.747. The van der Waals surface area contributed by atoms with Crippen LogP contribution in [0.4, 0.5) is 5.69 Å². The highest BCUT2D eigenvalue weighted by atomic mass is 32.2. The van der Waals surface area contributed by atoms with Crippen molar-refractivity contribution in [2.75, 3.05) is 24.7 Å². The molecule has 0 aliphatic carbocycles. The number of carbonyl (C=O) groups is 1. The first-order valence-electron chi connectivity index (χ1n) is 8.94. The molecule has 144 valence electrons. The molecule has 0 saturated carbocycles. The predicted molar refractivity (Wildman–Crippen MR) is 110 cm³/mol. The van der Waals surface area contributed by atoms with E-state index in [-0.39, 0.29) is 24.1 Å². The summed E-state index contributed by atoms with van der Waals surface area (Å²) in [5, 5.41) is 2.93. The van der Waals surface area contributed by atoms with E-state index in [0.717, 1.165) is 16.1 Å². The van der Waals surface area contributed by atoms with Gasteiger partial charge in [0.05, 0.1) is 11.7 Å². The number of sulfonamides is 1. The molecule has 1 aliphatic rings. The summed E-state index contributed by atoms with van der Waals surface area (Å²) in [7, 11) is -3.44. The summed E-state index contributed by atoms with van der Waals surface area (Å²) < 4.78 is 27.0. The van der Waals surface area contributed by atoms with Crippen molar-refractivity contribution in [2.24, 2.45) is 5.92 Å². The fraction of sp³-hybridized carbons (Fsp3) is 0.350. The smallest absolute Gasteiger partial charge is 0.228 e. The Hall–Kier alpha value is -1.83. The minimum absolute atomic E-state index is 0.0298. The highest BCUT2D eigenvalue weighted by Crippen LogP contribution is 2.24. The number of amides is 1. The lowest BCUT2D eigenvalue weighted by Crippen LogP contribution is -2.44. The largest absolute Gasteiger partial charge is 0.326 e. The number of benzene rings is 2. The molecule has 1 amide bonds. The van der Waals surface area contributed by atoms with Crippen LogP contribution in [0.1, 0.15) is 18.4 Å². The third-order valence-corrected chi connectivity index (χ3v) is 7.22. The predicted octanol–water partition coefficient (Wildman–Crippen LogP) is 3.59. The van der Waals surface area contributed by atoms with Gasteiger partial charge < -0.3 is 5.32 Å². The van der Waals surface area contributed by atoms with Gasteiger partial charge in [-0.2, -0.15) is 0 Å². The number of rotatable bonds is 6. The Morgan fingerprint density at radius 2 is 1.96 bits per heavy atom. The van der Waals surface area contributed by atoms with Gasteiger partial charge in [-0.15, -0.1) is 11.8 Å². The number of anilines is 1. The van der Waals surface area contributed by atoms with Crippen LogP contribution in [0.2, 0.25) is 0 Å². The molecule has 0 spiro atoms. The molecule has 0 radical (unpaired) electrons. The summed E-state index contributed by atoms with van der Waals surface area (Å²) in [4.78, 5) is 13.7. The number of hydrogen-bond acceptors (Lipinski definition) is 4. The fourth-order valence-corrected chi connectivity index (χ4v) is 5.30. The number of nitrogens with one attached hydrogen (secondary N) is 1. The number of carbonyl (C=O) groups excluding carboxylic acids is 1. The van der Waals surface area contributed by atoms with Crippen LogP contribution < -0.4 is 5.32 Å². The molecule has 0 bridgehead atoms. The second kappa shape index (κ2) is 8.91. The summed E-state index contributed by atoms with van der Waals surface area (Å²) in [5.74, 6) is -0.479. The number of thioether (sulfide) groups is 1. The molecule has 1 N–H and O–H groups in total. The van der Waals surface area contributed by atoms with Gasteiger partial charge >= 0.3 is 0 Å². The van der Waals surface area contributed by atoms with Gasteiger partial charge in [-0.1, -0.05) is 36.4 Å². The van der Waals surface area contributed by atoms with Crippen molar-refractivity contribution in [3.8, 4) is 0 Å². The summed E-state index contributed by atoms with van der Waals surface area (Å²) >= 11 is 1.61. The molecule has 1 aliphatic heterocycles. The Labute approximate surface area is 165 Å². The normalized spacial score (nSPS) is 18.2. The molecule has 27 heavy (non-hydrogen) atoms. The molecule has 0 unspecified atom stereocenters. The number of nitrogens with zero attached hydrogens (tertiary/aromatic N) is 1. The molecule has 1 atom stereocenters. The Balaban J connectivity index is 1.65. The van der Waals surface area contributed by atoms with Crippen LogP contribution in [0, 0.1) is 5.92 Å². The lowest BCUT2D eigenvalue weighted by atomic mass is 9.99. The van der Waals surface area contributed by atoms with Crippen molar-refractivity contribution >= 4 is 33.4 Å². The van der Waals surface area contributed by atoms with E-state index in [9.17, 15) is 13.2 Å². The summed E-state index contributed by atoms with van der Waals surface area (Å²) in [6.07, 6.45) is 3.37. The summed E-state index contributed by atoms with van der Waals surface area (Å²) in [6, 6.07) is 16.8. The molecule has 2 aromatic rings. The topological polar surface area (TPSA) is 66.5 Å². The molecule has 0 aromatic heterocycles. The molecule has 2 aromatic carbocycles. The zero-order valence-corrected chi connectivity index (χ0v) is 16.9. The summed E-state index contributed by atoms with van der Waals surface area (Å²) in [6.45, 7) is 0.712. The Morgan fingerprint density at radius 3 is 2.70 bits per heavy atom. The number of hydrogen-bond donors (Lipinski definition) is 1. The average molecular weight is 405 g/mol.